The first kappa shape index (κ1) is 22.2. The second kappa shape index (κ2) is 10.5. The molecule has 0 unspecified atom stereocenters. The van der Waals surface area contributed by atoms with Crippen molar-refractivity contribution >= 4 is 29.6 Å². The maximum Gasteiger partial charge on any atom is 0.185 e. The number of amidine groups is 2. The van der Waals surface area contributed by atoms with E-state index in [9.17, 15) is 4.79 Å². The Hall–Kier alpha value is -3.47. The maximum atomic E-state index is 13.5. The molecule has 0 saturated heterocycles. The normalized spacial score (nSPS) is 18.1. The lowest BCUT2D eigenvalue weighted by Crippen LogP contribution is -2.11. The molecule has 1 aliphatic carbocycles. The highest BCUT2D eigenvalue weighted by molar-refractivity contribution is 6.13. The summed E-state index contributed by atoms with van der Waals surface area (Å²) in [6.45, 7) is 0. The van der Waals surface area contributed by atoms with Crippen LogP contribution < -0.4 is 11.5 Å². The van der Waals surface area contributed by atoms with Gasteiger partial charge in [0.15, 0.2) is 5.78 Å². The van der Waals surface area contributed by atoms with Gasteiger partial charge in [0.25, 0.3) is 0 Å². The summed E-state index contributed by atoms with van der Waals surface area (Å²) >= 11 is 0. The van der Waals surface area contributed by atoms with Gasteiger partial charge in [-0.2, -0.15) is 0 Å². The van der Waals surface area contributed by atoms with Crippen LogP contribution in [0, 0.1) is 10.8 Å². The number of rotatable bonds is 4. The fraction of sp³-hybridized carbons (Fsp3) is 0.269. The van der Waals surface area contributed by atoms with Crippen molar-refractivity contribution in [3.63, 3.8) is 0 Å². The van der Waals surface area contributed by atoms with E-state index in [-0.39, 0.29) is 17.5 Å². The van der Waals surface area contributed by atoms with Crippen LogP contribution in [0.2, 0.25) is 0 Å². The van der Waals surface area contributed by atoms with Crippen LogP contribution in [0.1, 0.15) is 67.2 Å². The van der Waals surface area contributed by atoms with E-state index in [1.807, 2.05) is 60.7 Å². The van der Waals surface area contributed by atoms with Crippen molar-refractivity contribution in [2.45, 2.75) is 44.9 Å². The molecule has 0 spiro atoms. The average molecular weight is 415 g/mol. The minimum atomic E-state index is 0.0370. The number of Topliss-reactive ketones (excluding diaryl/α,β-unsaturated/α-hetero) is 1. The first-order valence-electron chi connectivity index (χ1n) is 10.8. The van der Waals surface area contributed by atoms with E-state index in [2.05, 4.69) is 0 Å². The molecule has 0 radical (unpaired) electrons. The van der Waals surface area contributed by atoms with Crippen molar-refractivity contribution < 1.29 is 4.79 Å². The van der Waals surface area contributed by atoms with E-state index < -0.39 is 0 Å². The Kier molecular flexibility index (Phi) is 7.55. The van der Waals surface area contributed by atoms with Crippen LogP contribution in [-0.4, -0.2) is 17.5 Å². The summed E-state index contributed by atoms with van der Waals surface area (Å²) in [5, 5.41) is 15.1. The fourth-order valence-corrected chi connectivity index (χ4v) is 3.79. The largest absolute Gasteiger partial charge is 0.384 e. The molecule has 6 N–H and O–H groups in total. The molecule has 0 amide bonds. The number of nitrogen functional groups attached to an aromatic ring is 2. The number of nitrogens with one attached hydrogen (secondary N) is 2. The van der Waals surface area contributed by atoms with Gasteiger partial charge >= 0.3 is 0 Å². The topological polar surface area (TPSA) is 117 Å². The Morgan fingerprint density at radius 3 is 1.35 bits per heavy atom. The first-order valence-corrected chi connectivity index (χ1v) is 10.8. The van der Waals surface area contributed by atoms with Gasteiger partial charge in [-0.25, -0.2) is 0 Å². The van der Waals surface area contributed by atoms with Crippen LogP contribution in [0.5, 0.6) is 0 Å². The van der Waals surface area contributed by atoms with Crippen molar-refractivity contribution in [1.29, 1.82) is 10.8 Å². The van der Waals surface area contributed by atoms with Crippen LogP contribution in [0.25, 0.3) is 12.2 Å². The highest BCUT2D eigenvalue weighted by Gasteiger charge is 2.17. The molecule has 0 heterocycles. The lowest BCUT2D eigenvalue weighted by Gasteiger charge is -2.14. The molecule has 31 heavy (non-hydrogen) atoms. The van der Waals surface area contributed by atoms with Gasteiger partial charge in [-0.05, 0) is 49.0 Å². The maximum absolute atomic E-state index is 13.5. The number of hydrogen-bond acceptors (Lipinski definition) is 3. The minimum Gasteiger partial charge on any atom is -0.384 e. The predicted octanol–water partition coefficient (Wildman–Crippen LogP) is 5.04. The second-order valence-corrected chi connectivity index (χ2v) is 8.01. The summed E-state index contributed by atoms with van der Waals surface area (Å²) in [5.41, 5.74) is 16.0. The molecule has 0 aromatic heterocycles. The molecule has 2 aromatic carbocycles. The molecule has 5 heteroatoms. The molecule has 1 aliphatic rings. The molecular formula is C26H30N4O. The Morgan fingerprint density at radius 2 is 1.00 bits per heavy atom. The molecule has 3 rings (SSSR count). The van der Waals surface area contributed by atoms with Gasteiger partial charge in [0, 0.05) is 22.3 Å². The monoisotopic (exact) mass is 414 g/mol. The fourth-order valence-electron chi connectivity index (χ4n) is 3.79. The van der Waals surface area contributed by atoms with Crippen molar-refractivity contribution in [2.24, 2.45) is 11.5 Å². The number of allylic oxidation sites excluding steroid dienone is 2. The third-order valence-electron chi connectivity index (χ3n) is 5.60. The number of benzene rings is 2. The van der Waals surface area contributed by atoms with Crippen LogP contribution in [0.4, 0.5) is 0 Å². The Labute approximate surface area is 183 Å². The van der Waals surface area contributed by atoms with Gasteiger partial charge in [-0.3, -0.25) is 15.6 Å². The lowest BCUT2D eigenvalue weighted by atomic mass is 9.90. The van der Waals surface area contributed by atoms with Crippen LogP contribution in [0.15, 0.2) is 59.7 Å². The smallest absolute Gasteiger partial charge is 0.185 e. The molecular weight excluding hydrogens is 384 g/mol. The summed E-state index contributed by atoms with van der Waals surface area (Å²) in [5.74, 6) is 0.179. The number of carbonyl (C=O) groups excluding carboxylic acids is 1. The number of nitrogens with two attached hydrogens (primary N) is 2. The van der Waals surface area contributed by atoms with Crippen molar-refractivity contribution in [2.75, 3.05) is 0 Å². The van der Waals surface area contributed by atoms with Crippen molar-refractivity contribution in [3.8, 4) is 0 Å². The average Bonchev–Trinajstić information content (AvgIpc) is 2.76. The summed E-state index contributed by atoms with van der Waals surface area (Å²) in [7, 11) is 0. The molecule has 5 nitrogen and oxygen atoms in total. The van der Waals surface area contributed by atoms with Crippen molar-refractivity contribution in [3.05, 3.63) is 81.9 Å². The van der Waals surface area contributed by atoms with Crippen LogP contribution >= 0.6 is 0 Å². The van der Waals surface area contributed by atoms with Gasteiger partial charge in [0.05, 0.1) is 0 Å². The summed E-state index contributed by atoms with van der Waals surface area (Å²) in [4.78, 5) is 13.5. The van der Waals surface area contributed by atoms with Gasteiger partial charge in [-0.1, -0.05) is 67.8 Å². The number of carbonyl (C=O) groups is 1. The summed E-state index contributed by atoms with van der Waals surface area (Å²) in [6.07, 6.45) is 10.9. The van der Waals surface area contributed by atoms with Gasteiger partial charge in [0.1, 0.15) is 11.7 Å². The van der Waals surface area contributed by atoms with E-state index >= 15 is 0 Å². The SMILES string of the molecule is N=C(N)c1ccc(/C=C2/CCCCCCC/C(=C/c3ccc(C(=N)N)cc3)C2=O)cc1. The molecule has 0 bridgehead atoms. The zero-order valence-electron chi connectivity index (χ0n) is 17.8. The van der Waals surface area contributed by atoms with E-state index in [0.29, 0.717) is 11.1 Å². The lowest BCUT2D eigenvalue weighted by molar-refractivity contribution is -0.112. The zero-order valence-corrected chi connectivity index (χ0v) is 17.8. The molecule has 1 saturated carbocycles. The highest BCUT2D eigenvalue weighted by atomic mass is 16.1. The zero-order chi connectivity index (χ0) is 22.2. The van der Waals surface area contributed by atoms with Gasteiger partial charge in [0.2, 0.25) is 0 Å². The third kappa shape index (κ3) is 6.25. The quantitative estimate of drug-likeness (QED) is 0.319. The number of hydrogen-bond donors (Lipinski definition) is 4. The molecule has 0 aliphatic heterocycles. The molecule has 0 atom stereocenters. The minimum absolute atomic E-state index is 0.0370. The van der Waals surface area contributed by atoms with E-state index in [0.717, 1.165) is 60.8 Å². The highest BCUT2D eigenvalue weighted by Crippen LogP contribution is 2.25. The van der Waals surface area contributed by atoms with Gasteiger partial charge < -0.3 is 11.5 Å². The van der Waals surface area contributed by atoms with Gasteiger partial charge in [-0.15, -0.1) is 0 Å². The molecule has 1 fully saturated rings. The Balaban J connectivity index is 1.92. The number of ketones is 1. The Bertz CT molecular complexity index is 933. The molecule has 160 valence electrons. The second-order valence-electron chi connectivity index (χ2n) is 8.01. The van der Waals surface area contributed by atoms with Crippen molar-refractivity contribution in [1.82, 2.24) is 0 Å². The molecule has 2 aromatic rings. The standard InChI is InChI=1S/C26H30N4O/c27-25(28)20-12-8-18(9-13-20)16-22-6-4-2-1-3-5-7-23(24(22)31)17-19-10-14-21(15-11-19)26(29)30/h8-17H,1-7H2,(H3,27,28)(H3,29,30)/b22-16-,23-17-. The van der Waals surface area contributed by atoms with E-state index in [1.165, 1.54) is 6.42 Å². The summed E-state index contributed by atoms with van der Waals surface area (Å²) in [6, 6.07) is 14.9. The van der Waals surface area contributed by atoms with Crippen LogP contribution in [-0.2, 0) is 4.79 Å². The first-order chi connectivity index (χ1) is 14.9. The predicted molar refractivity (Wildman–Crippen MR) is 128 cm³/mol. The summed E-state index contributed by atoms with van der Waals surface area (Å²) < 4.78 is 0. The third-order valence-corrected chi connectivity index (χ3v) is 5.60. The van der Waals surface area contributed by atoms with E-state index in [4.69, 9.17) is 22.3 Å². The van der Waals surface area contributed by atoms with Crippen LogP contribution in [0.3, 0.4) is 0 Å². The van der Waals surface area contributed by atoms with E-state index in [1.54, 1.807) is 0 Å². The Morgan fingerprint density at radius 1 is 0.645 bits per heavy atom.